The molecule has 2 aromatic heterocycles. The molecule has 2 heterocycles. The number of pyridine rings is 1. The van der Waals surface area contributed by atoms with E-state index >= 15 is 0 Å². The van der Waals surface area contributed by atoms with Gasteiger partial charge in [0.1, 0.15) is 11.5 Å². The molecule has 0 aromatic carbocycles. The van der Waals surface area contributed by atoms with Gasteiger partial charge in [0.15, 0.2) is 5.82 Å². The minimum Gasteiger partial charge on any atom is -0.353 e. The van der Waals surface area contributed by atoms with Crippen LogP contribution >= 0.6 is 0 Å². The maximum absolute atomic E-state index is 11.6. The average molecular weight is 243 g/mol. The number of nitrogens with zero attached hydrogens (tertiary/aromatic N) is 3. The first-order valence-corrected chi connectivity index (χ1v) is 5.93. The van der Waals surface area contributed by atoms with E-state index in [0.29, 0.717) is 23.4 Å². The highest BCUT2D eigenvalue weighted by Gasteiger charge is 2.23. The number of carbonyl (C=O) groups excluding carboxylic acids is 1. The topological polar surface area (TPSA) is 83.6 Å². The Hall–Kier alpha value is -2.24. The van der Waals surface area contributed by atoms with E-state index in [-0.39, 0.29) is 12.3 Å². The van der Waals surface area contributed by atoms with Gasteiger partial charge in [0, 0.05) is 12.2 Å². The SMILES string of the molecule is O=C(Cc1nc(-c2ccccn2)n[nH]1)NC1CC1. The molecule has 0 atom stereocenters. The van der Waals surface area contributed by atoms with Crippen molar-refractivity contribution in [3.63, 3.8) is 0 Å². The molecule has 1 fully saturated rings. The van der Waals surface area contributed by atoms with E-state index in [0.717, 1.165) is 12.8 Å². The summed E-state index contributed by atoms with van der Waals surface area (Å²) in [5, 5.41) is 9.73. The second kappa shape index (κ2) is 4.56. The first-order chi connectivity index (χ1) is 8.81. The number of aromatic nitrogens is 4. The largest absolute Gasteiger partial charge is 0.353 e. The highest BCUT2D eigenvalue weighted by molar-refractivity contribution is 5.78. The Balaban J connectivity index is 1.67. The Bertz CT molecular complexity index is 547. The van der Waals surface area contributed by atoms with Crippen LogP contribution in [0.5, 0.6) is 0 Å². The molecule has 6 nitrogen and oxygen atoms in total. The molecule has 18 heavy (non-hydrogen) atoms. The fourth-order valence-corrected chi connectivity index (χ4v) is 1.64. The lowest BCUT2D eigenvalue weighted by molar-refractivity contribution is -0.120. The van der Waals surface area contributed by atoms with E-state index in [2.05, 4.69) is 25.5 Å². The Kier molecular flexibility index (Phi) is 2.76. The summed E-state index contributed by atoms with van der Waals surface area (Å²) in [6.07, 6.45) is 4.09. The molecule has 0 spiro atoms. The summed E-state index contributed by atoms with van der Waals surface area (Å²) in [6.45, 7) is 0. The van der Waals surface area contributed by atoms with Crippen LogP contribution in [0.15, 0.2) is 24.4 Å². The van der Waals surface area contributed by atoms with Crippen LogP contribution in [0.1, 0.15) is 18.7 Å². The minimum atomic E-state index is -0.0128. The molecule has 92 valence electrons. The van der Waals surface area contributed by atoms with E-state index in [9.17, 15) is 4.79 Å². The van der Waals surface area contributed by atoms with E-state index in [1.807, 2.05) is 18.2 Å². The maximum Gasteiger partial charge on any atom is 0.227 e. The first kappa shape index (κ1) is 10.9. The summed E-state index contributed by atoms with van der Waals surface area (Å²) < 4.78 is 0. The second-order valence-corrected chi connectivity index (χ2v) is 4.34. The smallest absolute Gasteiger partial charge is 0.227 e. The van der Waals surface area contributed by atoms with Crippen molar-refractivity contribution >= 4 is 5.91 Å². The van der Waals surface area contributed by atoms with Crippen LogP contribution in [0.3, 0.4) is 0 Å². The van der Waals surface area contributed by atoms with Gasteiger partial charge in [-0.3, -0.25) is 14.9 Å². The zero-order valence-corrected chi connectivity index (χ0v) is 9.76. The van der Waals surface area contributed by atoms with Gasteiger partial charge in [0.05, 0.1) is 6.42 Å². The Morgan fingerprint density at radius 2 is 2.33 bits per heavy atom. The molecular weight excluding hydrogens is 230 g/mol. The van der Waals surface area contributed by atoms with E-state index < -0.39 is 0 Å². The number of H-pyrrole nitrogens is 1. The van der Waals surface area contributed by atoms with Crippen molar-refractivity contribution in [2.24, 2.45) is 0 Å². The molecule has 6 heteroatoms. The number of hydrogen-bond acceptors (Lipinski definition) is 4. The lowest BCUT2D eigenvalue weighted by atomic mass is 10.3. The molecule has 1 aliphatic rings. The number of hydrogen-bond donors (Lipinski definition) is 2. The molecule has 1 amide bonds. The van der Waals surface area contributed by atoms with Gasteiger partial charge in [-0.05, 0) is 25.0 Å². The monoisotopic (exact) mass is 243 g/mol. The van der Waals surface area contributed by atoms with E-state index in [1.165, 1.54) is 0 Å². The van der Waals surface area contributed by atoms with Crippen LogP contribution in [-0.2, 0) is 11.2 Å². The lowest BCUT2D eigenvalue weighted by Gasteiger charge is -1.99. The molecule has 2 N–H and O–H groups in total. The fraction of sp³-hybridized carbons (Fsp3) is 0.333. The van der Waals surface area contributed by atoms with Crippen molar-refractivity contribution in [1.29, 1.82) is 0 Å². The third-order valence-corrected chi connectivity index (χ3v) is 2.70. The first-order valence-electron chi connectivity index (χ1n) is 5.93. The van der Waals surface area contributed by atoms with Crippen molar-refractivity contribution in [3.05, 3.63) is 30.2 Å². The number of amides is 1. The zero-order valence-electron chi connectivity index (χ0n) is 9.76. The predicted molar refractivity (Wildman–Crippen MR) is 64.5 cm³/mol. The van der Waals surface area contributed by atoms with Crippen LogP contribution in [0, 0.1) is 0 Å². The Morgan fingerprint density at radius 3 is 3.06 bits per heavy atom. The molecule has 0 radical (unpaired) electrons. The van der Waals surface area contributed by atoms with Gasteiger partial charge in [0.2, 0.25) is 5.91 Å². The van der Waals surface area contributed by atoms with Crippen LogP contribution < -0.4 is 5.32 Å². The van der Waals surface area contributed by atoms with Gasteiger partial charge in [-0.1, -0.05) is 6.07 Å². The predicted octanol–water partition coefficient (Wildman–Crippen LogP) is 0.688. The number of nitrogens with one attached hydrogen (secondary N) is 2. The molecule has 1 saturated carbocycles. The maximum atomic E-state index is 11.6. The van der Waals surface area contributed by atoms with Gasteiger partial charge in [0.25, 0.3) is 0 Å². The van der Waals surface area contributed by atoms with Gasteiger partial charge in [-0.15, -0.1) is 0 Å². The van der Waals surface area contributed by atoms with Crippen LogP contribution in [-0.4, -0.2) is 32.1 Å². The van der Waals surface area contributed by atoms with Crippen molar-refractivity contribution in [2.75, 3.05) is 0 Å². The van der Waals surface area contributed by atoms with Crippen LogP contribution in [0.2, 0.25) is 0 Å². The van der Waals surface area contributed by atoms with Crippen molar-refractivity contribution < 1.29 is 4.79 Å². The molecule has 2 aromatic rings. The summed E-state index contributed by atoms with van der Waals surface area (Å²) in [7, 11) is 0. The number of carbonyl (C=O) groups is 1. The summed E-state index contributed by atoms with van der Waals surface area (Å²) in [4.78, 5) is 20.0. The number of aromatic amines is 1. The summed E-state index contributed by atoms with van der Waals surface area (Å²) in [6, 6.07) is 5.91. The molecule has 3 rings (SSSR count). The quantitative estimate of drug-likeness (QED) is 0.827. The normalized spacial score (nSPS) is 14.4. The summed E-state index contributed by atoms with van der Waals surface area (Å²) >= 11 is 0. The Labute approximate surface area is 104 Å². The van der Waals surface area contributed by atoms with E-state index in [1.54, 1.807) is 6.20 Å². The van der Waals surface area contributed by atoms with Gasteiger partial charge >= 0.3 is 0 Å². The van der Waals surface area contributed by atoms with Crippen molar-refractivity contribution in [3.8, 4) is 11.5 Å². The minimum absolute atomic E-state index is 0.0128. The second-order valence-electron chi connectivity index (χ2n) is 4.34. The highest BCUT2D eigenvalue weighted by atomic mass is 16.1. The molecule has 0 unspecified atom stereocenters. The van der Waals surface area contributed by atoms with Crippen molar-refractivity contribution in [2.45, 2.75) is 25.3 Å². The van der Waals surface area contributed by atoms with Crippen LogP contribution in [0.4, 0.5) is 0 Å². The number of rotatable bonds is 4. The fourth-order valence-electron chi connectivity index (χ4n) is 1.64. The van der Waals surface area contributed by atoms with Gasteiger partial charge < -0.3 is 5.32 Å². The van der Waals surface area contributed by atoms with Crippen molar-refractivity contribution in [1.82, 2.24) is 25.5 Å². The van der Waals surface area contributed by atoms with Gasteiger partial charge in [-0.2, -0.15) is 5.10 Å². The average Bonchev–Trinajstić information content (AvgIpc) is 3.06. The molecule has 0 bridgehead atoms. The standard InChI is InChI=1S/C12H13N5O/c18-11(14-8-4-5-8)7-10-15-12(17-16-10)9-3-1-2-6-13-9/h1-3,6,8H,4-5,7H2,(H,14,18)(H,15,16,17). The third-order valence-electron chi connectivity index (χ3n) is 2.70. The molecule has 1 aliphatic carbocycles. The third kappa shape index (κ3) is 2.53. The van der Waals surface area contributed by atoms with Gasteiger partial charge in [-0.25, -0.2) is 4.98 Å². The summed E-state index contributed by atoms with van der Waals surface area (Å²) in [5.74, 6) is 1.07. The summed E-state index contributed by atoms with van der Waals surface area (Å²) in [5.41, 5.74) is 0.697. The molecule has 0 saturated heterocycles. The Morgan fingerprint density at radius 1 is 1.44 bits per heavy atom. The molecular formula is C12H13N5O. The zero-order chi connectivity index (χ0) is 12.4. The lowest BCUT2D eigenvalue weighted by Crippen LogP contribution is -2.27. The molecule has 0 aliphatic heterocycles. The highest BCUT2D eigenvalue weighted by Crippen LogP contribution is 2.18. The van der Waals surface area contributed by atoms with Crippen LogP contribution in [0.25, 0.3) is 11.5 Å². The van der Waals surface area contributed by atoms with E-state index in [4.69, 9.17) is 0 Å².